The van der Waals surface area contributed by atoms with Crippen LogP contribution in [0.15, 0.2) is 22.7 Å². The third kappa shape index (κ3) is 2.62. The number of benzene rings is 1. The van der Waals surface area contributed by atoms with Crippen molar-refractivity contribution in [1.82, 2.24) is 0 Å². The van der Waals surface area contributed by atoms with E-state index in [0.29, 0.717) is 15.9 Å². The van der Waals surface area contributed by atoms with Crippen LogP contribution in [0.5, 0.6) is 5.75 Å². The van der Waals surface area contributed by atoms with Crippen molar-refractivity contribution in [2.75, 3.05) is 12.3 Å². The van der Waals surface area contributed by atoms with Crippen LogP contribution in [0.4, 0.5) is 5.69 Å². The fourth-order valence-corrected chi connectivity index (χ4v) is 1.16. The standard InChI is InChI=1S/C8H8BrNO3/c9-8-5(10)2-1-3-6(8)13-4-7(11)12/h1-3H,4,10H2,(H,11,12). The molecule has 5 heteroatoms. The summed E-state index contributed by atoms with van der Waals surface area (Å²) in [4.78, 5) is 10.2. The summed E-state index contributed by atoms with van der Waals surface area (Å²) >= 11 is 3.19. The van der Waals surface area contributed by atoms with E-state index in [1.807, 2.05) is 0 Å². The molecule has 1 aromatic rings. The van der Waals surface area contributed by atoms with Crippen LogP contribution in [0.1, 0.15) is 0 Å². The number of nitrogens with two attached hydrogens (primary N) is 1. The van der Waals surface area contributed by atoms with Crippen LogP contribution in [0.2, 0.25) is 0 Å². The molecule has 4 nitrogen and oxygen atoms in total. The lowest BCUT2D eigenvalue weighted by Gasteiger charge is -2.06. The molecule has 0 aliphatic heterocycles. The highest BCUT2D eigenvalue weighted by Crippen LogP contribution is 2.29. The minimum atomic E-state index is -1.02. The van der Waals surface area contributed by atoms with Crippen LogP contribution < -0.4 is 10.5 Å². The van der Waals surface area contributed by atoms with Gasteiger partial charge in [-0.3, -0.25) is 0 Å². The van der Waals surface area contributed by atoms with Gasteiger partial charge in [-0.05, 0) is 28.1 Å². The van der Waals surface area contributed by atoms with Gasteiger partial charge in [0.25, 0.3) is 0 Å². The van der Waals surface area contributed by atoms with Crippen molar-refractivity contribution in [2.45, 2.75) is 0 Å². The Kier molecular flexibility index (Phi) is 3.13. The second-order valence-corrected chi connectivity index (χ2v) is 3.13. The highest BCUT2D eigenvalue weighted by molar-refractivity contribution is 9.10. The molecule has 3 N–H and O–H groups in total. The third-order valence-corrected chi connectivity index (χ3v) is 2.19. The van der Waals surface area contributed by atoms with Crippen LogP contribution in [0.25, 0.3) is 0 Å². The Labute approximate surface area is 83.4 Å². The highest BCUT2D eigenvalue weighted by Gasteiger charge is 2.05. The van der Waals surface area contributed by atoms with Crippen LogP contribution in [-0.2, 0) is 4.79 Å². The number of aliphatic carboxylic acids is 1. The highest BCUT2D eigenvalue weighted by atomic mass is 79.9. The number of hydrogen-bond acceptors (Lipinski definition) is 3. The molecular formula is C8H8BrNO3. The summed E-state index contributed by atoms with van der Waals surface area (Å²) in [5.74, 6) is -0.586. The minimum Gasteiger partial charge on any atom is -0.481 e. The van der Waals surface area contributed by atoms with E-state index in [-0.39, 0.29) is 6.61 Å². The SMILES string of the molecule is Nc1cccc(OCC(=O)O)c1Br. The first-order valence-electron chi connectivity index (χ1n) is 3.50. The number of halogens is 1. The molecule has 1 rings (SSSR count). The molecule has 0 atom stereocenters. The zero-order valence-electron chi connectivity index (χ0n) is 6.66. The molecule has 1 aromatic carbocycles. The number of carboxylic acids is 1. The van der Waals surface area contributed by atoms with Crippen molar-refractivity contribution < 1.29 is 14.6 Å². The molecule has 0 saturated heterocycles. The van der Waals surface area contributed by atoms with E-state index in [4.69, 9.17) is 15.6 Å². The fraction of sp³-hybridized carbons (Fsp3) is 0.125. The van der Waals surface area contributed by atoms with E-state index in [0.717, 1.165) is 0 Å². The number of hydrogen-bond donors (Lipinski definition) is 2. The molecule has 0 spiro atoms. The average molecular weight is 246 g/mol. The predicted octanol–water partition coefficient (Wildman–Crippen LogP) is 1.49. The van der Waals surface area contributed by atoms with Crippen molar-refractivity contribution in [2.24, 2.45) is 0 Å². The van der Waals surface area contributed by atoms with Gasteiger partial charge in [-0.25, -0.2) is 4.79 Å². The van der Waals surface area contributed by atoms with E-state index in [9.17, 15) is 4.79 Å². The maximum Gasteiger partial charge on any atom is 0.341 e. The van der Waals surface area contributed by atoms with Gasteiger partial charge in [-0.15, -0.1) is 0 Å². The van der Waals surface area contributed by atoms with Gasteiger partial charge in [-0.2, -0.15) is 0 Å². The van der Waals surface area contributed by atoms with Crippen molar-refractivity contribution >= 4 is 27.6 Å². The molecular weight excluding hydrogens is 238 g/mol. The maximum absolute atomic E-state index is 10.2. The molecule has 0 radical (unpaired) electrons. The lowest BCUT2D eigenvalue weighted by atomic mass is 10.3. The number of ether oxygens (including phenoxy) is 1. The smallest absolute Gasteiger partial charge is 0.341 e. The maximum atomic E-state index is 10.2. The fourth-order valence-electron chi connectivity index (χ4n) is 0.779. The Hall–Kier alpha value is -1.23. The number of nitrogen functional groups attached to an aromatic ring is 1. The molecule has 0 fully saturated rings. The molecule has 0 aromatic heterocycles. The monoisotopic (exact) mass is 245 g/mol. The van der Waals surface area contributed by atoms with Gasteiger partial charge in [-0.1, -0.05) is 6.07 Å². The molecule has 0 aliphatic carbocycles. The summed E-state index contributed by atoms with van der Waals surface area (Å²) in [5.41, 5.74) is 6.07. The molecule has 13 heavy (non-hydrogen) atoms. The van der Waals surface area contributed by atoms with Crippen molar-refractivity contribution in [1.29, 1.82) is 0 Å². The van der Waals surface area contributed by atoms with E-state index in [2.05, 4.69) is 15.9 Å². The summed E-state index contributed by atoms with van der Waals surface area (Å²) in [7, 11) is 0. The zero-order valence-corrected chi connectivity index (χ0v) is 8.24. The normalized spacial score (nSPS) is 9.62. The van der Waals surface area contributed by atoms with Gasteiger partial charge >= 0.3 is 5.97 Å². The lowest BCUT2D eigenvalue weighted by molar-refractivity contribution is -0.139. The number of carbonyl (C=O) groups is 1. The molecule has 0 saturated carbocycles. The molecule has 0 amide bonds. The van der Waals surface area contributed by atoms with Gasteiger partial charge in [0.1, 0.15) is 5.75 Å². The van der Waals surface area contributed by atoms with Gasteiger partial charge in [0.05, 0.1) is 4.47 Å². The van der Waals surface area contributed by atoms with Gasteiger partial charge in [0.2, 0.25) is 0 Å². The van der Waals surface area contributed by atoms with E-state index < -0.39 is 5.97 Å². The molecule has 0 unspecified atom stereocenters. The zero-order chi connectivity index (χ0) is 9.84. The molecule has 0 bridgehead atoms. The predicted molar refractivity (Wildman–Crippen MR) is 51.7 cm³/mol. The Morgan fingerprint density at radius 1 is 1.62 bits per heavy atom. The third-order valence-electron chi connectivity index (χ3n) is 1.34. The van der Waals surface area contributed by atoms with Crippen molar-refractivity contribution in [3.63, 3.8) is 0 Å². The first-order valence-corrected chi connectivity index (χ1v) is 4.29. The minimum absolute atomic E-state index is 0.373. The summed E-state index contributed by atoms with van der Waals surface area (Å²) in [5, 5.41) is 8.36. The Morgan fingerprint density at radius 2 is 2.31 bits per heavy atom. The first kappa shape index (κ1) is 9.85. The number of anilines is 1. The summed E-state index contributed by atoms with van der Waals surface area (Å²) in [6.07, 6.45) is 0. The van der Waals surface area contributed by atoms with Gasteiger partial charge in [0, 0.05) is 5.69 Å². The largest absolute Gasteiger partial charge is 0.481 e. The Balaban J connectivity index is 2.77. The second kappa shape index (κ2) is 4.13. The molecule has 0 heterocycles. The van der Waals surface area contributed by atoms with Crippen LogP contribution in [0.3, 0.4) is 0 Å². The molecule has 0 aliphatic rings. The summed E-state index contributed by atoms with van der Waals surface area (Å²) in [6, 6.07) is 5.03. The summed E-state index contributed by atoms with van der Waals surface area (Å²) < 4.78 is 5.53. The second-order valence-electron chi connectivity index (χ2n) is 2.34. The number of carboxylic acid groups (broad SMARTS) is 1. The molecule has 70 valence electrons. The first-order chi connectivity index (χ1) is 6.11. The Morgan fingerprint density at radius 3 is 2.92 bits per heavy atom. The van der Waals surface area contributed by atoms with Gasteiger partial charge in [0.15, 0.2) is 6.61 Å². The Bertz CT molecular complexity index is 327. The average Bonchev–Trinajstić information content (AvgIpc) is 2.07. The van der Waals surface area contributed by atoms with Crippen LogP contribution in [0, 0.1) is 0 Å². The van der Waals surface area contributed by atoms with E-state index in [1.54, 1.807) is 18.2 Å². The summed E-state index contributed by atoms with van der Waals surface area (Å²) in [6.45, 7) is -0.373. The van der Waals surface area contributed by atoms with E-state index in [1.165, 1.54) is 0 Å². The lowest BCUT2D eigenvalue weighted by Crippen LogP contribution is -2.09. The quantitative estimate of drug-likeness (QED) is 0.792. The topological polar surface area (TPSA) is 72.5 Å². The number of rotatable bonds is 3. The van der Waals surface area contributed by atoms with Gasteiger partial charge < -0.3 is 15.6 Å². The van der Waals surface area contributed by atoms with Crippen LogP contribution >= 0.6 is 15.9 Å². The van der Waals surface area contributed by atoms with Crippen molar-refractivity contribution in [3.8, 4) is 5.75 Å². The van der Waals surface area contributed by atoms with E-state index >= 15 is 0 Å². The van der Waals surface area contributed by atoms with Crippen LogP contribution in [-0.4, -0.2) is 17.7 Å². The van der Waals surface area contributed by atoms with Crippen molar-refractivity contribution in [3.05, 3.63) is 22.7 Å².